The van der Waals surface area contributed by atoms with E-state index in [1.54, 1.807) is 6.07 Å². The first-order valence-corrected chi connectivity index (χ1v) is 10.5. The second-order valence-corrected chi connectivity index (χ2v) is 8.25. The molecule has 0 spiro atoms. The van der Waals surface area contributed by atoms with Crippen molar-refractivity contribution in [3.8, 4) is 5.75 Å². The number of aromatic hydroxyl groups is 1. The summed E-state index contributed by atoms with van der Waals surface area (Å²) in [6.45, 7) is 4.22. The summed E-state index contributed by atoms with van der Waals surface area (Å²) in [6.07, 6.45) is 3.55. The van der Waals surface area contributed by atoms with Gasteiger partial charge in [-0.3, -0.25) is 0 Å². The van der Waals surface area contributed by atoms with E-state index in [2.05, 4.69) is 26.0 Å². The summed E-state index contributed by atoms with van der Waals surface area (Å²) in [5, 5.41) is 10.4. The van der Waals surface area contributed by atoms with Crippen LogP contribution in [0.3, 0.4) is 0 Å². The number of unbranched alkanes of at least 4 members (excludes halogenated alkanes) is 1. The Bertz CT molecular complexity index is 961. The molecule has 1 aromatic heterocycles. The van der Waals surface area contributed by atoms with Gasteiger partial charge < -0.3 is 9.52 Å². The SMILES string of the molecule is CC(C)c1ccccc1Sc1c(O)cc(CCCCc2ccccc2)oc1=O. The Labute approximate surface area is 170 Å². The van der Waals surface area contributed by atoms with Crippen LogP contribution in [0.4, 0.5) is 0 Å². The van der Waals surface area contributed by atoms with Crippen molar-refractivity contribution < 1.29 is 9.52 Å². The van der Waals surface area contributed by atoms with E-state index < -0.39 is 5.63 Å². The summed E-state index contributed by atoms with van der Waals surface area (Å²) < 4.78 is 5.48. The second kappa shape index (κ2) is 9.65. The Morgan fingerprint density at radius 1 is 0.964 bits per heavy atom. The van der Waals surface area contributed by atoms with E-state index in [-0.39, 0.29) is 10.6 Å². The molecular weight excluding hydrogens is 368 g/mol. The van der Waals surface area contributed by atoms with Gasteiger partial charge >= 0.3 is 5.63 Å². The van der Waals surface area contributed by atoms with Crippen LogP contribution >= 0.6 is 11.8 Å². The molecule has 0 aliphatic heterocycles. The predicted molar refractivity (Wildman–Crippen MR) is 114 cm³/mol. The topological polar surface area (TPSA) is 50.4 Å². The maximum Gasteiger partial charge on any atom is 0.353 e. The van der Waals surface area contributed by atoms with Crippen molar-refractivity contribution in [3.63, 3.8) is 0 Å². The molecule has 0 atom stereocenters. The molecule has 0 aliphatic carbocycles. The van der Waals surface area contributed by atoms with E-state index in [1.165, 1.54) is 17.3 Å². The molecule has 1 N–H and O–H groups in total. The molecule has 0 bridgehead atoms. The third-order valence-corrected chi connectivity index (χ3v) is 5.85. The number of aryl methyl sites for hydroxylation is 2. The normalized spacial score (nSPS) is 11.1. The molecule has 0 saturated carbocycles. The van der Waals surface area contributed by atoms with Gasteiger partial charge in [0.25, 0.3) is 0 Å². The van der Waals surface area contributed by atoms with Gasteiger partial charge in [-0.05, 0) is 42.4 Å². The lowest BCUT2D eigenvalue weighted by Crippen LogP contribution is -2.05. The number of rotatable bonds is 8. The fourth-order valence-electron chi connectivity index (χ4n) is 3.17. The van der Waals surface area contributed by atoms with Crippen molar-refractivity contribution in [2.45, 2.75) is 55.2 Å². The Kier molecular flexibility index (Phi) is 6.99. The fraction of sp³-hybridized carbons (Fsp3) is 0.292. The van der Waals surface area contributed by atoms with Crippen molar-refractivity contribution in [1.29, 1.82) is 0 Å². The summed E-state index contributed by atoms with van der Waals surface area (Å²) in [5.41, 5.74) is 1.99. The van der Waals surface area contributed by atoms with Crippen LogP contribution in [0.25, 0.3) is 0 Å². The Balaban J connectivity index is 1.65. The highest BCUT2D eigenvalue weighted by Gasteiger charge is 2.15. The van der Waals surface area contributed by atoms with E-state index in [4.69, 9.17) is 4.42 Å². The van der Waals surface area contributed by atoms with Crippen molar-refractivity contribution >= 4 is 11.8 Å². The Morgan fingerprint density at radius 2 is 1.64 bits per heavy atom. The Morgan fingerprint density at radius 3 is 2.36 bits per heavy atom. The number of hydrogen-bond acceptors (Lipinski definition) is 4. The summed E-state index contributed by atoms with van der Waals surface area (Å²) in [4.78, 5) is 13.7. The van der Waals surface area contributed by atoms with Crippen LogP contribution in [-0.2, 0) is 12.8 Å². The maximum atomic E-state index is 12.5. The highest BCUT2D eigenvalue weighted by Crippen LogP contribution is 2.36. The van der Waals surface area contributed by atoms with Gasteiger partial charge in [0.2, 0.25) is 0 Å². The van der Waals surface area contributed by atoms with Crippen LogP contribution in [0.5, 0.6) is 5.75 Å². The van der Waals surface area contributed by atoms with Gasteiger partial charge in [-0.15, -0.1) is 0 Å². The summed E-state index contributed by atoms with van der Waals surface area (Å²) >= 11 is 1.27. The smallest absolute Gasteiger partial charge is 0.353 e. The van der Waals surface area contributed by atoms with Gasteiger partial charge in [-0.1, -0.05) is 74.1 Å². The standard InChI is InChI=1S/C24H26O3S/c1-17(2)20-14-8-9-15-22(20)28-23-21(25)16-19(27-24(23)26)13-7-6-12-18-10-4-3-5-11-18/h3-5,8-11,14-17,25H,6-7,12-13H2,1-2H3. The lowest BCUT2D eigenvalue weighted by Gasteiger charge is -2.12. The monoisotopic (exact) mass is 394 g/mol. The van der Waals surface area contributed by atoms with E-state index in [0.29, 0.717) is 18.1 Å². The second-order valence-electron chi connectivity index (χ2n) is 7.20. The molecule has 3 nitrogen and oxygen atoms in total. The molecule has 28 heavy (non-hydrogen) atoms. The molecule has 0 aliphatic rings. The number of benzene rings is 2. The average Bonchev–Trinajstić information content (AvgIpc) is 2.69. The number of hydrogen-bond donors (Lipinski definition) is 1. The van der Waals surface area contributed by atoms with Crippen molar-refractivity contribution in [2.24, 2.45) is 0 Å². The molecule has 146 valence electrons. The molecule has 0 amide bonds. The molecule has 2 aromatic carbocycles. The zero-order valence-electron chi connectivity index (χ0n) is 16.4. The minimum atomic E-state index is -0.471. The average molecular weight is 395 g/mol. The van der Waals surface area contributed by atoms with Crippen LogP contribution in [0, 0.1) is 0 Å². The fourth-order valence-corrected chi connectivity index (χ4v) is 4.24. The third-order valence-electron chi connectivity index (χ3n) is 4.67. The molecule has 3 rings (SSSR count). The third kappa shape index (κ3) is 5.29. The molecule has 3 aromatic rings. The van der Waals surface area contributed by atoms with Gasteiger partial charge in [-0.25, -0.2) is 4.79 Å². The largest absolute Gasteiger partial charge is 0.506 e. The molecule has 4 heteroatoms. The van der Waals surface area contributed by atoms with Crippen LogP contribution in [0.15, 0.2) is 79.7 Å². The molecule has 0 saturated heterocycles. The molecule has 0 fully saturated rings. The zero-order valence-corrected chi connectivity index (χ0v) is 17.2. The molecule has 0 radical (unpaired) electrons. The predicted octanol–water partition coefficient (Wildman–Crippen LogP) is 6.19. The highest BCUT2D eigenvalue weighted by atomic mass is 32.2. The molecule has 1 heterocycles. The quantitative estimate of drug-likeness (QED) is 0.463. The van der Waals surface area contributed by atoms with Crippen molar-refractivity contribution in [1.82, 2.24) is 0 Å². The molecule has 0 unspecified atom stereocenters. The summed E-state index contributed by atoms with van der Waals surface area (Å²) in [6, 6.07) is 19.9. The lowest BCUT2D eigenvalue weighted by atomic mass is 10.0. The van der Waals surface area contributed by atoms with Crippen LogP contribution in [-0.4, -0.2) is 5.11 Å². The minimum Gasteiger partial charge on any atom is -0.506 e. The summed E-state index contributed by atoms with van der Waals surface area (Å²) in [5.74, 6) is 0.872. The minimum absolute atomic E-state index is 0.00197. The maximum absolute atomic E-state index is 12.5. The van der Waals surface area contributed by atoms with E-state index in [0.717, 1.165) is 29.7 Å². The Hall–Kier alpha value is -2.46. The van der Waals surface area contributed by atoms with E-state index in [9.17, 15) is 9.90 Å². The first-order valence-electron chi connectivity index (χ1n) is 9.71. The van der Waals surface area contributed by atoms with Crippen LogP contribution in [0.2, 0.25) is 0 Å². The highest BCUT2D eigenvalue weighted by molar-refractivity contribution is 7.99. The first-order chi connectivity index (χ1) is 13.5. The first kappa shape index (κ1) is 20.3. The van der Waals surface area contributed by atoms with Crippen molar-refractivity contribution in [2.75, 3.05) is 0 Å². The van der Waals surface area contributed by atoms with Crippen LogP contribution in [0.1, 0.15) is 49.5 Å². The van der Waals surface area contributed by atoms with E-state index in [1.807, 2.05) is 42.5 Å². The van der Waals surface area contributed by atoms with Crippen LogP contribution < -0.4 is 5.63 Å². The van der Waals surface area contributed by atoms with Gasteiger partial charge in [0.05, 0.1) is 0 Å². The van der Waals surface area contributed by atoms with Crippen molar-refractivity contribution in [3.05, 3.63) is 88.0 Å². The van der Waals surface area contributed by atoms with Gasteiger partial charge in [0.1, 0.15) is 16.4 Å². The van der Waals surface area contributed by atoms with Gasteiger partial charge in [0, 0.05) is 17.4 Å². The summed E-state index contributed by atoms with van der Waals surface area (Å²) in [7, 11) is 0. The zero-order chi connectivity index (χ0) is 19.9. The lowest BCUT2D eigenvalue weighted by molar-refractivity contribution is 0.398. The van der Waals surface area contributed by atoms with E-state index >= 15 is 0 Å². The van der Waals surface area contributed by atoms with Gasteiger partial charge in [0.15, 0.2) is 0 Å². The van der Waals surface area contributed by atoms with Gasteiger partial charge in [-0.2, -0.15) is 0 Å². The molecular formula is C24H26O3S.